The predicted octanol–water partition coefficient (Wildman–Crippen LogP) is 4.85. The largest absolute Gasteiger partial charge is 0.494 e. The molecule has 1 N–H and O–H groups in total. The number of halogens is 1. The smallest absolute Gasteiger partial charge is 0.123 e. The fourth-order valence-electron chi connectivity index (χ4n) is 1.65. The average molecular weight is 302 g/mol. The van der Waals surface area contributed by atoms with Crippen LogP contribution < -0.4 is 0 Å². The van der Waals surface area contributed by atoms with Crippen molar-refractivity contribution in [3.8, 4) is 0 Å². The first-order chi connectivity index (χ1) is 10.7. The maximum Gasteiger partial charge on any atom is 0.123 e. The molecule has 0 heterocycles. The summed E-state index contributed by atoms with van der Waals surface area (Å²) in [5.41, 5.74) is 1.08. The minimum absolute atomic E-state index is 0.0467. The van der Waals surface area contributed by atoms with Crippen LogP contribution in [0.25, 0.3) is 0 Å². The Labute approximate surface area is 131 Å². The van der Waals surface area contributed by atoms with Crippen molar-refractivity contribution in [1.29, 1.82) is 0 Å². The summed E-state index contributed by atoms with van der Waals surface area (Å²) in [6.07, 6.45) is 11.3. The maximum absolute atomic E-state index is 13.5. The molecule has 0 amide bonds. The van der Waals surface area contributed by atoms with E-state index in [1.54, 1.807) is 25.2 Å². The van der Waals surface area contributed by atoms with E-state index in [0.29, 0.717) is 12.4 Å². The number of aliphatic hydroxyl groups excluding tert-OH is 1. The van der Waals surface area contributed by atoms with E-state index < -0.39 is 0 Å². The molecule has 3 heteroatoms. The van der Waals surface area contributed by atoms with E-state index in [1.165, 1.54) is 12.2 Å². The molecule has 0 aromatic heterocycles. The molecular weight excluding hydrogens is 279 g/mol. The van der Waals surface area contributed by atoms with Crippen molar-refractivity contribution in [2.24, 2.45) is 0 Å². The van der Waals surface area contributed by atoms with Gasteiger partial charge in [-0.05, 0) is 43.6 Å². The maximum atomic E-state index is 13.5. The highest BCUT2D eigenvalue weighted by molar-refractivity contribution is 5.19. The van der Waals surface area contributed by atoms with Crippen molar-refractivity contribution >= 4 is 0 Å². The molecule has 2 nitrogen and oxygen atoms in total. The van der Waals surface area contributed by atoms with Gasteiger partial charge in [0.25, 0.3) is 0 Å². The van der Waals surface area contributed by atoms with Crippen molar-refractivity contribution in [3.63, 3.8) is 0 Å². The van der Waals surface area contributed by atoms with E-state index in [4.69, 9.17) is 9.84 Å². The number of rotatable bonds is 9. The average Bonchev–Trinajstić information content (AvgIpc) is 2.55. The van der Waals surface area contributed by atoms with Gasteiger partial charge in [-0.2, -0.15) is 0 Å². The zero-order valence-corrected chi connectivity index (χ0v) is 12.9. The number of aliphatic hydroxyl groups is 1. The molecule has 1 aromatic rings. The first kappa shape index (κ1) is 17.9. The van der Waals surface area contributed by atoms with Gasteiger partial charge in [0.1, 0.15) is 12.4 Å². The molecule has 0 aliphatic heterocycles. The lowest BCUT2D eigenvalue weighted by atomic mass is 10.2. The monoisotopic (exact) mass is 302 g/mol. The summed E-state index contributed by atoms with van der Waals surface area (Å²) >= 11 is 0. The molecule has 118 valence electrons. The van der Waals surface area contributed by atoms with Crippen molar-refractivity contribution in [2.75, 3.05) is 6.61 Å². The summed E-state index contributed by atoms with van der Waals surface area (Å²) < 4.78 is 19.1. The lowest BCUT2D eigenvalue weighted by molar-refractivity contribution is 0.201. The second kappa shape index (κ2) is 11.5. The molecule has 0 saturated carbocycles. The highest BCUT2D eigenvalue weighted by Crippen LogP contribution is 2.07. The molecule has 0 bridgehead atoms. The summed E-state index contributed by atoms with van der Waals surface area (Å²) in [6, 6.07) is 9.83. The van der Waals surface area contributed by atoms with E-state index in [2.05, 4.69) is 0 Å². The number of allylic oxidation sites excluding steroid dienone is 7. The van der Waals surface area contributed by atoms with Crippen molar-refractivity contribution in [2.45, 2.75) is 26.4 Å². The highest BCUT2D eigenvalue weighted by atomic mass is 19.1. The topological polar surface area (TPSA) is 29.5 Å². The van der Waals surface area contributed by atoms with Gasteiger partial charge in [-0.15, -0.1) is 0 Å². The van der Waals surface area contributed by atoms with Crippen LogP contribution in [0.1, 0.15) is 25.3 Å². The van der Waals surface area contributed by atoms with E-state index in [0.717, 1.165) is 18.4 Å². The van der Waals surface area contributed by atoms with Crippen LogP contribution in [-0.4, -0.2) is 11.7 Å². The minimum Gasteiger partial charge on any atom is -0.494 e. The fraction of sp³-hybridized carbons (Fsp3) is 0.263. The molecule has 0 spiro atoms. The third kappa shape index (κ3) is 8.93. The van der Waals surface area contributed by atoms with Crippen LogP contribution in [0.5, 0.6) is 0 Å². The molecule has 1 aromatic carbocycles. The molecule has 0 atom stereocenters. The number of ether oxygens (including phenoxy) is 1. The van der Waals surface area contributed by atoms with Gasteiger partial charge >= 0.3 is 0 Å². The van der Waals surface area contributed by atoms with Gasteiger partial charge < -0.3 is 9.84 Å². The second-order valence-corrected chi connectivity index (χ2v) is 4.74. The van der Waals surface area contributed by atoms with Gasteiger partial charge in [0, 0.05) is 0 Å². The molecule has 22 heavy (non-hydrogen) atoms. The molecule has 0 unspecified atom stereocenters. The van der Waals surface area contributed by atoms with Gasteiger partial charge in [-0.3, -0.25) is 0 Å². The Morgan fingerprint density at radius 1 is 1.09 bits per heavy atom. The summed E-state index contributed by atoms with van der Waals surface area (Å²) in [5, 5.41) is 8.56. The van der Waals surface area contributed by atoms with Crippen molar-refractivity contribution in [3.05, 3.63) is 83.9 Å². The summed E-state index contributed by atoms with van der Waals surface area (Å²) in [4.78, 5) is 0. The lowest BCUT2D eigenvalue weighted by Crippen LogP contribution is -1.89. The number of unbranched alkanes of at least 4 members (excludes halogenated alkanes) is 1. The van der Waals surface area contributed by atoms with Crippen LogP contribution in [-0.2, 0) is 11.3 Å². The summed E-state index contributed by atoms with van der Waals surface area (Å²) in [7, 11) is 0. The quantitative estimate of drug-likeness (QED) is 0.306. The molecule has 0 aliphatic carbocycles. The zero-order valence-electron chi connectivity index (χ0n) is 12.9. The Balaban J connectivity index is 2.33. The minimum atomic E-state index is -0.311. The van der Waals surface area contributed by atoms with Crippen LogP contribution in [0.4, 0.5) is 4.39 Å². The SMILES string of the molecule is C\C(=C/C=C(F)\C=C\CC/C=C\CO)OCc1ccccc1. The van der Waals surface area contributed by atoms with Crippen molar-refractivity contribution < 1.29 is 14.2 Å². The Morgan fingerprint density at radius 3 is 2.55 bits per heavy atom. The van der Waals surface area contributed by atoms with Crippen LogP contribution in [0.2, 0.25) is 0 Å². The number of hydrogen-bond donors (Lipinski definition) is 1. The third-order valence-corrected chi connectivity index (χ3v) is 2.84. The van der Waals surface area contributed by atoms with E-state index in [1.807, 2.05) is 36.4 Å². The predicted molar refractivity (Wildman–Crippen MR) is 88.8 cm³/mol. The zero-order chi connectivity index (χ0) is 16.0. The van der Waals surface area contributed by atoms with Crippen molar-refractivity contribution in [1.82, 2.24) is 0 Å². The Kier molecular flexibility index (Phi) is 9.38. The van der Waals surface area contributed by atoms with Crippen LogP contribution in [0.15, 0.2) is 78.4 Å². The van der Waals surface area contributed by atoms with Crippen LogP contribution in [0, 0.1) is 0 Å². The molecule has 0 radical (unpaired) electrons. The first-order valence-corrected chi connectivity index (χ1v) is 7.35. The number of hydrogen-bond acceptors (Lipinski definition) is 2. The molecule has 0 saturated heterocycles. The summed E-state index contributed by atoms with van der Waals surface area (Å²) in [6.45, 7) is 2.33. The van der Waals surface area contributed by atoms with Gasteiger partial charge in [-0.1, -0.05) is 48.6 Å². The summed E-state index contributed by atoms with van der Waals surface area (Å²) in [5.74, 6) is 0.354. The van der Waals surface area contributed by atoms with Gasteiger partial charge in [-0.25, -0.2) is 4.39 Å². The molecule has 0 fully saturated rings. The first-order valence-electron chi connectivity index (χ1n) is 7.35. The van der Waals surface area contributed by atoms with Gasteiger partial charge in [0.05, 0.1) is 12.4 Å². The third-order valence-electron chi connectivity index (χ3n) is 2.84. The Hall–Kier alpha value is -2.13. The fourth-order valence-corrected chi connectivity index (χ4v) is 1.65. The molecule has 0 aliphatic rings. The highest BCUT2D eigenvalue weighted by Gasteiger charge is 1.93. The number of benzene rings is 1. The van der Waals surface area contributed by atoms with E-state index >= 15 is 0 Å². The van der Waals surface area contributed by atoms with E-state index in [-0.39, 0.29) is 12.4 Å². The van der Waals surface area contributed by atoms with Gasteiger partial charge in [0.2, 0.25) is 0 Å². The Morgan fingerprint density at radius 2 is 1.82 bits per heavy atom. The van der Waals surface area contributed by atoms with Crippen LogP contribution >= 0.6 is 0 Å². The standard InChI is InChI=1S/C19H23FO2/c1-17(22-16-18-10-6-5-7-11-18)13-14-19(20)12-8-3-2-4-9-15-21/h4-14,21H,2-3,15-16H2,1H3/b9-4-,12-8+,17-13+,19-14+. The molecule has 1 rings (SSSR count). The van der Waals surface area contributed by atoms with Crippen LogP contribution in [0.3, 0.4) is 0 Å². The normalized spacial score (nSPS) is 13.2. The molecular formula is C19H23FO2. The Bertz CT molecular complexity index is 528. The second-order valence-electron chi connectivity index (χ2n) is 4.74. The lowest BCUT2D eigenvalue weighted by Gasteiger charge is -2.05. The van der Waals surface area contributed by atoms with Gasteiger partial charge in [0.15, 0.2) is 0 Å². The van der Waals surface area contributed by atoms with E-state index in [9.17, 15) is 4.39 Å².